The van der Waals surface area contributed by atoms with Crippen LogP contribution < -0.4 is 10.2 Å². The Balaban J connectivity index is 1.63. The van der Waals surface area contributed by atoms with Crippen LogP contribution in [-0.2, 0) is 4.79 Å². The van der Waals surface area contributed by atoms with Crippen molar-refractivity contribution in [3.05, 3.63) is 40.9 Å². The Bertz CT molecular complexity index is 673. The lowest BCUT2D eigenvalue weighted by atomic mass is 9.90. The summed E-state index contributed by atoms with van der Waals surface area (Å²) in [7, 11) is 0. The summed E-state index contributed by atoms with van der Waals surface area (Å²) in [5.41, 5.74) is 3.73. The van der Waals surface area contributed by atoms with Crippen molar-refractivity contribution in [2.24, 2.45) is 22.4 Å². The fourth-order valence-electron chi connectivity index (χ4n) is 3.99. The number of nitrogens with one attached hydrogen (secondary N) is 1. The maximum absolute atomic E-state index is 12.4. The first-order chi connectivity index (χ1) is 11.6. The Morgan fingerprint density at radius 3 is 3.08 bits per heavy atom. The standard InChI is InChI=1S/C19H23BrN2O2/c1-3-10-24-16-8-7-14(20)11-13(16)12-21-22-18(23)17-15-6-4-5-9-19(15,17)2/h3,7-8,11-12,15,17H,1,4-6,9-10H2,2H3,(H,22,23)/b21-12-/t15-,17+,19+/m0/s1. The molecule has 4 nitrogen and oxygen atoms in total. The van der Waals surface area contributed by atoms with Gasteiger partial charge in [0.15, 0.2) is 0 Å². The van der Waals surface area contributed by atoms with Crippen molar-refractivity contribution >= 4 is 28.1 Å². The molecule has 0 radical (unpaired) electrons. The van der Waals surface area contributed by atoms with Gasteiger partial charge in [0.05, 0.1) is 6.21 Å². The maximum Gasteiger partial charge on any atom is 0.244 e. The topological polar surface area (TPSA) is 50.7 Å². The predicted octanol–water partition coefficient (Wildman–Crippen LogP) is 4.29. The van der Waals surface area contributed by atoms with Gasteiger partial charge in [-0.25, -0.2) is 5.43 Å². The second-order valence-corrected chi connectivity index (χ2v) is 7.77. The van der Waals surface area contributed by atoms with Gasteiger partial charge >= 0.3 is 0 Å². The average molecular weight is 391 g/mol. The number of ether oxygens (including phenoxy) is 1. The van der Waals surface area contributed by atoms with Gasteiger partial charge in [0.25, 0.3) is 0 Å². The van der Waals surface area contributed by atoms with Crippen LogP contribution in [0, 0.1) is 17.3 Å². The number of carbonyl (C=O) groups excluding carboxylic acids is 1. The van der Waals surface area contributed by atoms with Crippen LogP contribution in [0.4, 0.5) is 0 Å². The van der Waals surface area contributed by atoms with Crippen molar-refractivity contribution in [2.45, 2.75) is 32.6 Å². The molecule has 5 heteroatoms. The van der Waals surface area contributed by atoms with Crippen molar-refractivity contribution < 1.29 is 9.53 Å². The third-order valence-electron chi connectivity index (χ3n) is 5.32. The van der Waals surface area contributed by atoms with E-state index in [-0.39, 0.29) is 17.2 Å². The first-order valence-electron chi connectivity index (χ1n) is 8.42. The van der Waals surface area contributed by atoms with Crippen LogP contribution in [0.1, 0.15) is 38.2 Å². The van der Waals surface area contributed by atoms with Crippen LogP contribution >= 0.6 is 15.9 Å². The van der Waals surface area contributed by atoms with Crippen LogP contribution in [0.2, 0.25) is 0 Å². The van der Waals surface area contributed by atoms with Crippen molar-refractivity contribution in [1.29, 1.82) is 0 Å². The van der Waals surface area contributed by atoms with E-state index in [0.717, 1.165) is 16.5 Å². The molecule has 1 N–H and O–H groups in total. The lowest BCUT2D eigenvalue weighted by Crippen LogP contribution is -2.22. The SMILES string of the molecule is C=CCOc1ccc(Br)cc1/C=N\NC(=O)[C@H]1[C@@H]2CCCC[C@]21C. The van der Waals surface area contributed by atoms with Crippen molar-refractivity contribution in [2.75, 3.05) is 6.61 Å². The molecular formula is C19H23BrN2O2. The Labute approximate surface area is 151 Å². The first-order valence-corrected chi connectivity index (χ1v) is 9.22. The quantitative estimate of drug-likeness (QED) is 0.447. The van der Waals surface area contributed by atoms with Gasteiger partial charge < -0.3 is 4.74 Å². The first kappa shape index (κ1) is 17.2. The van der Waals surface area contributed by atoms with Crippen LogP contribution in [-0.4, -0.2) is 18.7 Å². The van der Waals surface area contributed by atoms with Gasteiger partial charge in [-0.15, -0.1) is 0 Å². The molecule has 2 fully saturated rings. The third kappa shape index (κ3) is 3.41. The molecule has 0 bridgehead atoms. The zero-order chi connectivity index (χ0) is 17.2. The van der Waals surface area contributed by atoms with Crippen LogP contribution in [0.25, 0.3) is 0 Å². The molecule has 0 aromatic heterocycles. The fourth-order valence-corrected chi connectivity index (χ4v) is 4.36. The van der Waals surface area contributed by atoms with Gasteiger partial charge in [-0.05, 0) is 42.4 Å². The van der Waals surface area contributed by atoms with E-state index < -0.39 is 0 Å². The second kappa shape index (κ2) is 7.09. The van der Waals surface area contributed by atoms with Crippen LogP contribution in [0.5, 0.6) is 5.75 Å². The number of amides is 1. The number of benzene rings is 1. The van der Waals surface area contributed by atoms with Gasteiger partial charge in [-0.2, -0.15) is 5.10 Å². The van der Waals surface area contributed by atoms with Gasteiger partial charge in [0.2, 0.25) is 5.91 Å². The number of fused-ring (bicyclic) bond motifs is 1. The summed E-state index contributed by atoms with van der Waals surface area (Å²) in [6.45, 7) is 6.32. The number of hydrogen-bond acceptors (Lipinski definition) is 3. The van der Waals surface area contributed by atoms with E-state index >= 15 is 0 Å². The molecule has 1 amide bonds. The van der Waals surface area contributed by atoms with Crippen molar-refractivity contribution in [1.82, 2.24) is 5.43 Å². The van der Waals surface area contributed by atoms with Gasteiger partial charge in [-0.1, -0.05) is 48.4 Å². The highest BCUT2D eigenvalue weighted by Gasteiger charge is 2.64. The minimum Gasteiger partial charge on any atom is -0.489 e. The van der Waals surface area contributed by atoms with E-state index in [4.69, 9.17) is 4.74 Å². The van der Waals surface area contributed by atoms with Crippen LogP contribution in [0.15, 0.2) is 40.4 Å². The Morgan fingerprint density at radius 2 is 2.38 bits per heavy atom. The zero-order valence-corrected chi connectivity index (χ0v) is 15.5. The number of carbonyl (C=O) groups is 1. The molecule has 3 rings (SSSR count). The van der Waals surface area contributed by atoms with E-state index in [1.165, 1.54) is 19.3 Å². The fraction of sp³-hybridized carbons (Fsp3) is 0.474. The minimum absolute atomic E-state index is 0.0456. The number of hydrazone groups is 1. The van der Waals surface area contributed by atoms with Gasteiger partial charge in [0.1, 0.15) is 12.4 Å². The molecule has 0 unspecified atom stereocenters. The molecule has 1 aromatic carbocycles. The maximum atomic E-state index is 12.4. The number of rotatable bonds is 6. The molecule has 0 aliphatic heterocycles. The minimum atomic E-state index is 0.0456. The molecule has 2 aliphatic rings. The summed E-state index contributed by atoms with van der Waals surface area (Å²) in [5, 5.41) is 4.15. The monoisotopic (exact) mass is 390 g/mol. The lowest BCUT2D eigenvalue weighted by Gasteiger charge is -2.15. The van der Waals surface area contributed by atoms with Crippen LogP contribution in [0.3, 0.4) is 0 Å². The molecule has 0 saturated heterocycles. The number of hydrogen-bond donors (Lipinski definition) is 1. The molecule has 1 aromatic rings. The van der Waals surface area contributed by atoms with Gasteiger partial charge in [-0.3, -0.25) is 4.79 Å². The number of halogens is 1. The Morgan fingerprint density at radius 1 is 1.54 bits per heavy atom. The van der Waals surface area contributed by atoms with E-state index in [0.29, 0.717) is 18.3 Å². The van der Waals surface area contributed by atoms with E-state index in [9.17, 15) is 4.79 Å². The third-order valence-corrected chi connectivity index (χ3v) is 5.81. The summed E-state index contributed by atoms with van der Waals surface area (Å²) in [6, 6.07) is 5.68. The molecule has 2 saturated carbocycles. The second-order valence-electron chi connectivity index (χ2n) is 6.85. The van der Waals surface area contributed by atoms with Crippen molar-refractivity contribution in [3.63, 3.8) is 0 Å². The van der Waals surface area contributed by atoms with Gasteiger partial charge in [0, 0.05) is 16.0 Å². The predicted molar refractivity (Wildman–Crippen MR) is 99.1 cm³/mol. The molecule has 0 spiro atoms. The van der Waals surface area contributed by atoms with Crippen molar-refractivity contribution in [3.8, 4) is 5.75 Å². The normalized spacial score (nSPS) is 28.2. The molecule has 0 heterocycles. The average Bonchev–Trinajstić information content (AvgIpc) is 3.19. The summed E-state index contributed by atoms with van der Waals surface area (Å²) >= 11 is 3.44. The highest BCUT2D eigenvalue weighted by molar-refractivity contribution is 9.10. The molecule has 2 aliphatic carbocycles. The summed E-state index contributed by atoms with van der Waals surface area (Å²) in [6.07, 6.45) is 8.14. The zero-order valence-electron chi connectivity index (χ0n) is 13.9. The van der Waals surface area contributed by atoms with E-state index in [1.54, 1.807) is 12.3 Å². The summed E-state index contributed by atoms with van der Waals surface area (Å²) in [5.74, 6) is 1.42. The smallest absolute Gasteiger partial charge is 0.244 e. The summed E-state index contributed by atoms with van der Waals surface area (Å²) in [4.78, 5) is 12.4. The lowest BCUT2D eigenvalue weighted by molar-refractivity contribution is -0.123. The molecular weight excluding hydrogens is 368 g/mol. The van der Waals surface area contributed by atoms with E-state index in [2.05, 4.69) is 40.0 Å². The number of nitrogens with zero attached hydrogens (tertiary/aromatic N) is 1. The highest BCUT2D eigenvalue weighted by Crippen LogP contribution is 2.66. The van der Waals surface area contributed by atoms with E-state index in [1.807, 2.05) is 18.2 Å². The molecule has 24 heavy (non-hydrogen) atoms. The molecule has 3 atom stereocenters. The largest absolute Gasteiger partial charge is 0.489 e. The summed E-state index contributed by atoms with van der Waals surface area (Å²) < 4.78 is 6.54. The molecule has 128 valence electrons. The Kier molecular flexibility index (Phi) is 5.09. The Hall–Kier alpha value is -1.62. The highest BCUT2D eigenvalue weighted by atomic mass is 79.9.